The quantitative estimate of drug-likeness (QED) is 0.662. The minimum Gasteiger partial charge on any atom is -0.493 e. The van der Waals surface area contributed by atoms with Crippen LogP contribution >= 0.6 is 0 Å². The Kier molecular flexibility index (Phi) is 4.96. The maximum Gasteiger partial charge on any atom is 0.261 e. The maximum absolute atomic E-state index is 12.8. The number of aromatic nitrogens is 2. The summed E-state index contributed by atoms with van der Waals surface area (Å²) >= 11 is 0. The molecular weight excluding hydrogens is 380 g/mol. The monoisotopic (exact) mass is 404 g/mol. The predicted molar refractivity (Wildman–Crippen MR) is 114 cm³/mol. The Labute approximate surface area is 174 Å². The fraction of sp³-hybridized carbons (Fsp3) is 0.348. The normalized spacial score (nSPS) is 16.5. The first-order chi connectivity index (χ1) is 14.7. The van der Waals surface area contributed by atoms with Crippen LogP contribution in [0.1, 0.15) is 11.1 Å². The lowest BCUT2D eigenvalue weighted by Gasteiger charge is -2.35. The van der Waals surface area contributed by atoms with Crippen molar-refractivity contribution in [3.05, 3.63) is 70.3 Å². The number of benzene rings is 2. The van der Waals surface area contributed by atoms with Crippen LogP contribution in [0, 0.1) is 0 Å². The number of rotatable bonds is 4. The molecule has 0 spiro atoms. The number of piperazine rings is 1. The molecule has 1 amide bonds. The summed E-state index contributed by atoms with van der Waals surface area (Å²) in [7, 11) is 0. The van der Waals surface area contributed by atoms with E-state index in [1.165, 1.54) is 22.0 Å². The summed E-state index contributed by atoms with van der Waals surface area (Å²) in [6.45, 7) is 4.67. The molecule has 2 aliphatic rings. The third-order valence-electron chi connectivity index (χ3n) is 5.92. The zero-order valence-corrected chi connectivity index (χ0v) is 16.8. The van der Waals surface area contributed by atoms with Gasteiger partial charge in [-0.05, 0) is 29.3 Å². The molecule has 0 saturated carbocycles. The summed E-state index contributed by atoms with van der Waals surface area (Å²) in [6.07, 6.45) is 2.45. The molecule has 0 aliphatic carbocycles. The molecule has 3 heterocycles. The molecule has 154 valence electrons. The van der Waals surface area contributed by atoms with Crippen LogP contribution in [0.4, 0.5) is 0 Å². The fourth-order valence-corrected chi connectivity index (χ4v) is 4.22. The number of hydrogen-bond acceptors (Lipinski definition) is 5. The number of fused-ring (bicyclic) bond motifs is 2. The smallest absolute Gasteiger partial charge is 0.261 e. The average molecular weight is 404 g/mol. The highest BCUT2D eigenvalue weighted by Crippen LogP contribution is 2.26. The first kappa shape index (κ1) is 18.8. The van der Waals surface area contributed by atoms with Crippen LogP contribution < -0.4 is 10.3 Å². The van der Waals surface area contributed by atoms with Crippen LogP contribution in [-0.2, 0) is 24.3 Å². The van der Waals surface area contributed by atoms with Gasteiger partial charge in [0, 0.05) is 39.1 Å². The Morgan fingerprint density at radius 2 is 1.90 bits per heavy atom. The second-order valence-electron chi connectivity index (χ2n) is 7.89. The first-order valence-corrected chi connectivity index (χ1v) is 10.4. The van der Waals surface area contributed by atoms with Gasteiger partial charge in [0.2, 0.25) is 5.91 Å². The van der Waals surface area contributed by atoms with E-state index >= 15 is 0 Å². The zero-order chi connectivity index (χ0) is 20.5. The van der Waals surface area contributed by atoms with E-state index in [1.807, 2.05) is 17.0 Å². The maximum atomic E-state index is 12.8. The van der Waals surface area contributed by atoms with Gasteiger partial charge in [0.1, 0.15) is 12.3 Å². The van der Waals surface area contributed by atoms with Crippen molar-refractivity contribution < 1.29 is 9.53 Å². The van der Waals surface area contributed by atoms with E-state index in [0.717, 1.165) is 38.4 Å². The highest BCUT2D eigenvalue weighted by molar-refractivity contribution is 5.79. The summed E-state index contributed by atoms with van der Waals surface area (Å²) in [5.74, 6) is 0.969. The molecule has 30 heavy (non-hydrogen) atoms. The number of hydrogen-bond donors (Lipinski definition) is 0. The predicted octanol–water partition coefficient (Wildman–Crippen LogP) is 1.68. The molecule has 0 bridgehead atoms. The Hall–Kier alpha value is -3.19. The molecular formula is C23H24N4O3. The summed E-state index contributed by atoms with van der Waals surface area (Å²) in [5, 5.41) is 0.539. The van der Waals surface area contributed by atoms with Crippen LogP contribution in [0.15, 0.2) is 53.6 Å². The Bertz CT molecular complexity index is 1150. The van der Waals surface area contributed by atoms with Crippen molar-refractivity contribution in [2.45, 2.75) is 19.5 Å². The lowest BCUT2D eigenvalue weighted by molar-refractivity contribution is -0.133. The van der Waals surface area contributed by atoms with E-state index in [-0.39, 0.29) is 18.0 Å². The minimum atomic E-state index is -0.173. The summed E-state index contributed by atoms with van der Waals surface area (Å²) < 4.78 is 6.98. The van der Waals surface area contributed by atoms with Gasteiger partial charge in [-0.25, -0.2) is 4.98 Å². The van der Waals surface area contributed by atoms with Crippen molar-refractivity contribution in [1.29, 1.82) is 0 Å². The van der Waals surface area contributed by atoms with Crippen LogP contribution in [-0.4, -0.2) is 58.0 Å². The summed E-state index contributed by atoms with van der Waals surface area (Å²) in [5.41, 5.74) is 3.05. The summed E-state index contributed by atoms with van der Waals surface area (Å²) in [4.78, 5) is 33.9. The number of amides is 1. The Balaban J connectivity index is 1.19. The molecule has 7 heteroatoms. The van der Waals surface area contributed by atoms with Crippen molar-refractivity contribution in [3.8, 4) is 5.75 Å². The molecule has 0 unspecified atom stereocenters. The second kappa shape index (κ2) is 7.91. The number of para-hydroxylation sites is 1. The molecule has 0 atom stereocenters. The molecule has 0 radical (unpaired) electrons. The average Bonchev–Trinajstić information content (AvgIpc) is 3.24. The number of nitrogens with zero attached hydrogens (tertiary/aromatic N) is 4. The zero-order valence-electron chi connectivity index (χ0n) is 16.8. The van der Waals surface area contributed by atoms with E-state index in [2.05, 4.69) is 28.1 Å². The Morgan fingerprint density at radius 1 is 1.07 bits per heavy atom. The standard InChI is InChI=1S/C23H24N4O3/c28-22(15-27-16-24-20-4-2-1-3-19(20)23(27)29)26-10-8-25(9-11-26)14-17-5-6-21-18(13-17)7-12-30-21/h1-6,13,16H,7-12,14-15H2. The van der Waals surface area contributed by atoms with Crippen LogP contribution in [0.25, 0.3) is 10.9 Å². The van der Waals surface area contributed by atoms with Gasteiger partial charge in [0.15, 0.2) is 0 Å². The van der Waals surface area contributed by atoms with E-state index < -0.39 is 0 Å². The van der Waals surface area contributed by atoms with Crippen LogP contribution in [0.2, 0.25) is 0 Å². The van der Waals surface area contributed by atoms with Crippen LogP contribution in [0.5, 0.6) is 5.75 Å². The van der Waals surface area contributed by atoms with E-state index in [9.17, 15) is 9.59 Å². The topological polar surface area (TPSA) is 67.7 Å². The minimum absolute atomic E-state index is 0.0293. The van der Waals surface area contributed by atoms with E-state index in [1.54, 1.807) is 12.1 Å². The van der Waals surface area contributed by atoms with Crippen molar-refractivity contribution in [2.24, 2.45) is 0 Å². The molecule has 1 fully saturated rings. The van der Waals surface area contributed by atoms with Crippen molar-refractivity contribution in [1.82, 2.24) is 19.4 Å². The van der Waals surface area contributed by atoms with Gasteiger partial charge < -0.3 is 9.64 Å². The molecule has 5 rings (SSSR count). The van der Waals surface area contributed by atoms with Crippen molar-refractivity contribution in [2.75, 3.05) is 32.8 Å². The SMILES string of the molecule is O=C(Cn1cnc2ccccc2c1=O)N1CCN(Cc2ccc3c(c2)CCO3)CC1. The molecule has 2 aliphatic heterocycles. The molecule has 7 nitrogen and oxygen atoms in total. The lowest BCUT2D eigenvalue weighted by atomic mass is 10.1. The van der Waals surface area contributed by atoms with Crippen LogP contribution in [0.3, 0.4) is 0 Å². The highest BCUT2D eigenvalue weighted by atomic mass is 16.5. The number of carbonyl (C=O) groups is 1. The van der Waals surface area contributed by atoms with Crippen molar-refractivity contribution in [3.63, 3.8) is 0 Å². The number of carbonyl (C=O) groups excluding carboxylic acids is 1. The molecule has 2 aromatic carbocycles. The Morgan fingerprint density at radius 3 is 2.77 bits per heavy atom. The molecule has 3 aromatic rings. The second-order valence-corrected chi connectivity index (χ2v) is 7.89. The fourth-order valence-electron chi connectivity index (χ4n) is 4.22. The third-order valence-corrected chi connectivity index (χ3v) is 5.92. The lowest BCUT2D eigenvalue weighted by Crippen LogP contribution is -2.49. The van der Waals surface area contributed by atoms with Gasteiger partial charge in [0.25, 0.3) is 5.56 Å². The summed E-state index contributed by atoms with van der Waals surface area (Å²) in [6, 6.07) is 13.6. The molecule has 1 saturated heterocycles. The van der Waals surface area contributed by atoms with Crippen molar-refractivity contribution >= 4 is 16.8 Å². The number of ether oxygens (including phenoxy) is 1. The molecule has 1 aromatic heterocycles. The van der Waals surface area contributed by atoms with E-state index in [4.69, 9.17) is 4.74 Å². The van der Waals surface area contributed by atoms with Gasteiger partial charge in [-0.2, -0.15) is 0 Å². The van der Waals surface area contributed by atoms with Gasteiger partial charge >= 0.3 is 0 Å². The van der Waals surface area contributed by atoms with E-state index in [0.29, 0.717) is 24.0 Å². The first-order valence-electron chi connectivity index (χ1n) is 10.4. The highest BCUT2D eigenvalue weighted by Gasteiger charge is 2.22. The molecule has 0 N–H and O–H groups in total. The van der Waals surface area contributed by atoms with Gasteiger partial charge in [-0.15, -0.1) is 0 Å². The third kappa shape index (κ3) is 3.68. The van der Waals surface area contributed by atoms with Gasteiger partial charge in [-0.1, -0.05) is 24.3 Å². The van der Waals surface area contributed by atoms with Gasteiger partial charge in [-0.3, -0.25) is 19.1 Å². The largest absolute Gasteiger partial charge is 0.493 e. The van der Waals surface area contributed by atoms with Gasteiger partial charge in [0.05, 0.1) is 23.8 Å².